The number of nitrogens with zero attached hydrogens (tertiary/aromatic N) is 1. The van der Waals surface area contributed by atoms with Gasteiger partial charge in [0.2, 0.25) is 0 Å². The smallest absolute Gasteiger partial charge is 0.143 e. The van der Waals surface area contributed by atoms with E-state index in [1.807, 2.05) is 11.3 Å². The molecule has 220 valence electrons. The van der Waals surface area contributed by atoms with E-state index in [1.54, 1.807) is 0 Å². The number of furan rings is 1. The Balaban J connectivity index is 1.12. The molecule has 0 spiro atoms. The third-order valence-corrected chi connectivity index (χ3v) is 10.6. The highest BCUT2D eigenvalue weighted by Crippen LogP contribution is 2.44. The van der Waals surface area contributed by atoms with E-state index in [4.69, 9.17) is 4.42 Å². The van der Waals surface area contributed by atoms with E-state index in [0.29, 0.717) is 0 Å². The lowest BCUT2D eigenvalue weighted by molar-refractivity contribution is 0.671. The van der Waals surface area contributed by atoms with Gasteiger partial charge in [-0.1, -0.05) is 133 Å². The van der Waals surface area contributed by atoms with Crippen molar-refractivity contribution in [1.82, 2.24) is 4.57 Å². The zero-order valence-corrected chi connectivity index (χ0v) is 26.2. The highest BCUT2D eigenvalue weighted by molar-refractivity contribution is 7.26. The second-order valence-electron chi connectivity index (χ2n) is 12.1. The first kappa shape index (κ1) is 26.3. The molecule has 0 aliphatic heterocycles. The maximum Gasteiger partial charge on any atom is 0.143 e. The Kier molecular flexibility index (Phi) is 5.78. The summed E-state index contributed by atoms with van der Waals surface area (Å²) in [6.45, 7) is 0. The van der Waals surface area contributed by atoms with E-state index in [2.05, 4.69) is 168 Å². The summed E-state index contributed by atoms with van der Waals surface area (Å²) in [7, 11) is 0. The molecule has 7 aromatic carbocycles. The second kappa shape index (κ2) is 10.3. The third-order valence-electron chi connectivity index (χ3n) is 9.41. The molecule has 0 aliphatic rings. The Labute approximate surface area is 275 Å². The van der Waals surface area contributed by atoms with Crippen molar-refractivity contribution in [3.05, 3.63) is 164 Å². The summed E-state index contributed by atoms with van der Waals surface area (Å²) in [6.07, 6.45) is 0. The van der Waals surface area contributed by atoms with E-state index in [1.165, 1.54) is 48.0 Å². The summed E-state index contributed by atoms with van der Waals surface area (Å²) in [5.74, 6) is 0. The van der Waals surface area contributed by atoms with Crippen LogP contribution in [0.25, 0.3) is 92.2 Å². The van der Waals surface area contributed by atoms with E-state index in [9.17, 15) is 0 Å². The lowest BCUT2D eigenvalue weighted by Gasteiger charge is -2.09. The Morgan fingerprint density at radius 2 is 1.02 bits per heavy atom. The molecule has 0 aliphatic carbocycles. The monoisotopic (exact) mass is 617 g/mol. The summed E-state index contributed by atoms with van der Waals surface area (Å²) in [5.41, 5.74) is 12.5. The number of thiophene rings is 1. The molecule has 10 rings (SSSR count). The van der Waals surface area contributed by atoms with Gasteiger partial charge in [-0.2, -0.15) is 0 Å². The van der Waals surface area contributed by atoms with Gasteiger partial charge >= 0.3 is 0 Å². The van der Waals surface area contributed by atoms with Crippen LogP contribution in [-0.4, -0.2) is 4.57 Å². The summed E-state index contributed by atoms with van der Waals surface area (Å²) >= 11 is 1.88. The number of hydrogen-bond acceptors (Lipinski definition) is 2. The van der Waals surface area contributed by atoms with Gasteiger partial charge in [-0.3, -0.25) is 0 Å². The van der Waals surface area contributed by atoms with Crippen LogP contribution in [0.1, 0.15) is 0 Å². The predicted octanol–water partition coefficient (Wildman–Crippen LogP) is 12.9. The van der Waals surface area contributed by atoms with Gasteiger partial charge in [-0.15, -0.1) is 11.3 Å². The molecule has 0 fully saturated rings. The third kappa shape index (κ3) is 4.04. The SMILES string of the molecule is c1ccc(-c2cccc3c2oc2c(-c4cccc(-c5ccc6c(c5)sc5c7ccccc7n(-c7ccccc7)c65)c4)cccc23)cc1. The van der Waals surface area contributed by atoms with Crippen molar-refractivity contribution >= 4 is 64.5 Å². The molecule has 0 unspecified atom stereocenters. The van der Waals surface area contributed by atoms with Crippen molar-refractivity contribution in [3.63, 3.8) is 0 Å². The van der Waals surface area contributed by atoms with Gasteiger partial charge in [0.05, 0.1) is 15.7 Å². The van der Waals surface area contributed by atoms with Crippen molar-refractivity contribution in [2.75, 3.05) is 0 Å². The highest BCUT2D eigenvalue weighted by atomic mass is 32.1. The first-order valence-electron chi connectivity index (χ1n) is 15.9. The standard InChI is InChI=1S/C44H27NOS/c1-3-12-28(13-4-1)33-19-10-21-35-36-22-11-20-34(43(36)46-42(33)35)31-15-9-14-29(26-31)30-24-25-38-40(27-30)47-44-37-18-7-8-23-39(37)45(41(38)44)32-16-5-2-6-17-32/h1-27H. The number of para-hydroxylation sites is 4. The van der Waals surface area contributed by atoms with Crippen LogP contribution in [0, 0.1) is 0 Å². The first-order valence-corrected chi connectivity index (χ1v) is 16.7. The van der Waals surface area contributed by atoms with Gasteiger partial charge in [-0.05, 0) is 52.6 Å². The zero-order valence-electron chi connectivity index (χ0n) is 25.4. The van der Waals surface area contributed by atoms with Crippen molar-refractivity contribution in [1.29, 1.82) is 0 Å². The van der Waals surface area contributed by atoms with Crippen molar-refractivity contribution in [3.8, 4) is 39.1 Å². The fourth-order valence-corrected chi connectivity index (χ4v) is 8.51. The fourth-order valence-electron chi connectivity index (χ4n) is 7.25. The van der Waals surface area contributed by atoms with Crippen molar-refractivity contribution < 1.29 is 4.42 Å². The summed E-state index contributed by atoms with van der Waals surface area (Å²) in [5, 5.41) is 4.86. The lowest BCUT2D eigenvalue weighted by atomic mass is 9.97. The van der Waals surface area contributed by atoms with Gasteiger partial charge in [0, 0.05) is 43.1 Å². The molecule has 10 aromatic rings. The number of rotatable bonds is 4. The molecule has 0 saturated carbocycles. The van der Waals surface area contributed by atoms with E-state index in [-0.39, 0.29) is 0 Å². The molecule has 0 atom stereocenters. The topological polar surface area (TPSA) is 18.1 Å². The number of benzene rings is 7. The molecule has 0 amide bonds. The van der Waals surface area contributed by atoms with Gasteiger partial charge < -0.3 is 8.98 Å². The fraction of sp³-hybridized carbons (Fsp3) is 0. The highest BCUT2D eigenvalue weighted by Gasteiger charge is 2.19. The minimum absolute atomic E-state index is 0.924. The molecular weight excluding hydrogens is 591 g/mol. The van der Waals surface area contributed by atoms with Gasteiger partial charge in [0.25, 0.3) is 0 Å². The molecule has 2 nitrogen and oxygen atoms in total. The minimum Gasteiger partial charge on any atom is -0.455 e. The van der Waals surface area contributed by atoms with Crippen molar-refractivity contribution in [2.24, 2.45) is 0 Å². The molecule has 3 aromatic heterocycles. The molecule has 0 radical (unpaired) electrons. The zero-order chi connectivity index (χ0) is 30.9. The molecular formula is C44H27NOS. The Morgan fingerprint density at radius 1 is 0.426 bits per heavy atom. The lowest BCUT2D eigenvalue weighted by Crippen LogP contribution is -1.92. The number of fused-ring (bicyclic) bond motifs is 8. The van der Waals surface area contributed by atoms with Crippen LogP contribution in [0.2, 0.25) is 0 Å². The second-order valence-corrected chi connectivity index (χ2v) is 13.1. The molecule has 0 bridgehead atoms. The van der Waals surface area contributed by atoms with E-state index in [0.717, 1.165) is 44.2 Å². The number of aromatic nitrogens is 1. The van der Waals surface area contributed by atoms with Crippen LogP contribution in [0.5, 0.6) is 0 Å². The van der Waals surface area contributed by atoms with Gasteiger partial charge in [-0.25, -0.2) is 0 Å². The molecule has 3 heterocycles. The average molecular weight is 618 g/mol. The Hall–Kier alpha value is -5.90. The summed E-state index contributed by atoms with van der Waals surface area (Å²) in [6, 6.07) is 58.7. The molecule has 47 heavy (non-hydrogen) atoms. The van der Waals surface area contributed by atoms with Crippen LogP contribution in [-0.2, 0) is 0 Å². The normalized spacial score (nSPS) is 11.8. The molecule has 3 heteroatoms. The Morgan fingerprint density at radius 3 is 1.81 bits per heavy atom. The maximum absolute atomic E-state index is 6.73. The van der Waals surface area contributed by atoms with E-state index < -0.39 is 0 Å². The molecule has 0 N–H and O–H groups in total. The summed E-state index contributed by atoms with van der Waals surface area (Å²) < 4.78 is 11.8. The molecule has 0 saturated heterocycles. The quantitative estimate of drug-likeness (QED) is 0.192. The largest absolute Gasteiger partial charge is 0.455 e. The van der Waals surface area contributed by atoms with Gasteiger partial charge in [0.1, 0.15) is 11.2 Å². The van der Waals surface area contributed by atoms with Crippen LogP contribution < -0.4 is 0 Å². The minimum atomic E-state index is 0.924. The summed E-state index contributed by atoms with van der Waals surface area (Å²) in [4.78, 5) is 0. The van der Waals surface area contributed by atoms with Crippen LogP contribution >= 0.6 is 11.3 Å². The van der Waals surface area contributed by atoms with Gasteiger partial charge in [0.15, 0.2) is 0 Å². The van der Waals surface area contributed by atoms with Crippen LogP contribution in [0.15, 0.2) is 168 Å². The van der Waals surface area contributed by atoms with Crippen LogP contribution in [0.4, 0.5) is 0 Å². The van der Waals surface area contributed by atoms with Crippen LogP contribution in [0.3, 0.4) is 0 Å². The Bertz CT molecular complexity index is 2780. The number of hydrogen-bond donors (Lipinski definition) is 0. The van der Waals surface area contributed by atoms with E-state index >= 15 is 0 Å². The van der Waals surface area contributed by atoms with Crippen molar-refractivity contribution in [2.45, 2.75) is 0 Å². The maximum atomic E-state index is 6.73. The predicted molar refractivity (Wildman–Crippen MR) is 200 cm³/mol. The average Bonchev–Trinajstić information content (AvgIpc) is 3.81. The first-order chi connectivity index (χ1) is 23.3.